The zero-order valence-electron chi connectivity index (χ0n) is 18.4. The van der Waals surface area contributed by atoms with Crippen LogP contribution in [0, 0.1) is 5.92 Å². The quantitative estimate of drug-likeness (QED) is 0.545. The second-order valence-electron chi connectivity index (χ2n) is 8.55. The Balaban J connectivity index is 0.00000272. The summed E-state index contributed by atoms with van der Waals surface area (Å²) in [6.45, 7) is 5.71. The molecular weight excluding hydrogens is 410 g/mol. The van der Waals surface area contributed by atoms with Gasteiger partial charge < -0.3 is 19.7 Å². The van der Waals surface area contributed by atoms with E-state index in [1.165, 1.54) is 43.4 Å². The summed E-state index contributed by atoms with van der Waals surface area (Å²) in [5.41, 5.74) is 2.54. The molecule has 0 radical (unpaired) electrons. The van der Waals surface area contributed by atoms with E-state index < -0.39 is 0 Å². The third-order valence-corrected chi connectivity index (χ3v) is 6.34. The van der Waals surface area contributed by atoms with Crippen LogP contribution in [0.4, 0.5) is 5.69 Å². The van der Waals surface area contributed by atoms with Gasteiger partial charge in [-0.15, -0.1) is 12.4 Å². The first-order valence-corrected chi connectivity index (χ1v) is 11.5. The molecule has 6 heteroatoms. The van der Waals surface area contributed by atoms with Crippen LogP contribution in [-0.4, -0.2) is 50.5 Å². The van der Waals surface area contributed by atoms with Gasteiger partial charge in [0.1, 0.15) is 12.4 Å². The van der Waals surface area contributed by atoms with Crippen LogP contribution in [0.2, 0.25) is 0 Å². The Morgan fingerprint density at radius 3 is 2.65 bits per heavy atom. The maximum Gasteiger partial charge on any atom is 0.139 e. The number of nitrogens with one attached hydrogen (secondary N) is 1. The molecule has 1 N–H and O–H groups in total. The molecule has 4 rings (SSSR count). The number of ether oxygens (including phenoxy) is 2. The van der Waals surface area contributed by atoms with Crippen molar-refractivity contribution in [3.8, 4) is 5.75 Å². The normalized spacial score (nSPS) is 19.2. The van der Waals surface area contributed by atoms with Gasteiger partial charge in [-0.2, -0.15) is 0 Å². The lowest BCUT2D eigenvalue weighted by molar-refractivity contribution is 0.118. The summed E-state index contributed by atoms with van der Waals surface area (Å²) in [5.74, 6) is 1.65. The molecule has 0 aliphatic carbocycles. The number of nitrogens with zero attached hydrogens (tertiary/aromatic N) is 2. The molecule has 1 atom stereocenters. The molecule has 31 heavy (non-hydrogen) atoms. The van der Waals surface area contributed by atoms with Crippen LogP contribution < -0.4 is 15.0 Å². The van der Waals surface area contributed by atoms with Crippen molar-refractivity contribution < 1.29 is 9.47 Å². The van der Waals surface area contributed by atoms with E-state index in [4.69, 9.17) is 9.47 Å². The van der Waals surface area contributed by atoms with Crippen LogP contribution in [0.25, 0.3) is 0 Å². The van der Waals surface area contributed by atoms with Gasteiger partial charge in [0, 0.05) is 31.8 Å². The molecule has 1 aromatic heterocycles. The molecule has 0 amide bonds. The number of hydrogen-bond acceptors (Lipinski definition) is 5. The average molecular weight is 446 g/mol. The predicted molar refractivity (Wildman–Crippen MR) is 129 cm³/mol. The predicted octanol–water partition coefficient (Wildman–Crippen LogP) is 4.50. The van der Waals surface area contributed by atoms with Gasteiger partial charge in [0.25, 0.3) is 0 Å². The van der Waals surface area contributed by atoms with Gasteiger partial charge in [-0.25, -0.2) is 0 Å². The van der Waals surface area contributed by atoms with Crippen LogP contribution >= 0.6 is 12.4 Å². The van der Waals surface area contributed by atoms with Crippen molar-refractivity contribution in [2.45, 2.75) is 44.6 Å². The molecule has 170 valence electrons. The fourth-order valence-electron chi connectivity index (χ4n) is 4.42. The first-order chi connectivity index (χ1) is 14.9. The van der Waals surface area contributed by atoms with Crippen molar-refractivity contribution in [1.29, 1.82) is 0 Å². The van der Waals surface area contributed by atoms with Crippen LogP contribution in [0.1, 0.15) is 37.7 Å². The third kappa shape index (κ3) is 7.67. The summed E-state index contributed by atoms with van der Waals surface area (Å²) >= 11 is 0. The first-order valence-electron chi connectivity index (χ1n) is 11.5. The van der Waals surface area contributed by atoms with E-state index in [-0.39, 0.29) is 12.4 Å². The van der Waals surface area contributed by atoms with Gasteiger partial charge in [0.2, 0.25) is 0 Å². The van der Waals surface area contributed by atoms with Gasteiger partial charge in [0.05, 0.1) is 24.7 Å². The van der Waals surface area contributed by atoms with Crippen molar-refractivity contribution in [1.82, 2.24) is 10.3 Å². The zero-order valence-corrected chi connectivity index (χ0v) is 19.2. The molecule has 2 fully saturated rings. The number of benzene rings is 1. The second-order valence-corrected chi connectivity index (χ2v) is 8.55. The Morgan fingerprint density at radius 1 is 1.03 bits per heavy atom. The van der Waals surface area contributed by atoms with Gasteiger partial charge in [-0.3, -0.25) is 4.98 Å². The number of rotatable bonds is 10. The lowest BCUT2D eigenvalue weighted by Gasteiger charge is -2.33. The summed E-state index contributed by atoms with van der Waals surface area (Å²) in [4.78, 5) is 6.86. The number of hydrogen-bond donors (Lipinski definition) is 1. The van der Waals surface area contributed by atoms with Crippen molar-refractivity contribution in [2.24, 2.45) is 5.92 Å². The highest BCUT2D eigenvalue weighted by Gasteiger charge is 2.20. The Kier molecular flexibility index (Phi) is 9.91. The Labute approximate surface area is 192 Å². The molecule has 0 unspecified atom stereocenters. The number of halogens is 1. The fourth-order valence-corrected chi connectivity index (χ4v) is 4.42. The van der Waals surface area contributed by atoms with Crippen molar-refractivity contribution in [3.63, 3.8) is 0 Å². The minimum absolute atomic E-state index is 0. The SMILES string of the molecule is Cl.c1ccc(CCOCCC2CCN(c3cncc(OC[C@@H]4CCCN4)c3)CC2)cc1. The monoisotopic (exact) mass is 445 g/mol. The van der Waals surface area contributed by atoms with E-state index in [1.54, 1.807) is 0 Å². The minimum atomic E-state index is 0. The molecule has 5 nitrogen and oxygen atoms in total. The number of anilines is 1. The van der Waals surface area contributed by atoms with Crippen LogP contribution in [0.5, 0.6) is 5.75 Å². The standard InChI is InChI=1S/C25H35N3O2.ClH/c1-2-5-21(6-3-1)10-15-29-16-11-22-8-13-28(14-9-22)24-17-25(19-26-18-24)30-20-23-7-4-12-27-23;/h1-3,5-6,17-19,22-23,27H,4,7-16,20H2;1H/t23-;/m0./s1. The topological polar surface area (TPSA) is 46.6 Å². The van der Waals surface area contributed by atoms with Crippen molar-refractivity contribution >= 4 is 18.1 Å². The fraction of sp³-hybridized carbons (Fsp3) is 0.560. The lowest BCUT2D eigenvalue weighted by atomic mass is 9.94. The van der Waals surface area contributed by atoms with E-state index in [1.807, 2.05) is 12.4 Å². The largest absolute Gasteiger partial charge is 0.490 e. The highest BCUT2D eigenvalue weighted by Crippen LogP contribution is 2.27. The molecule has 3 heterocycles. The molecule has 0 bridgehead atoms. The lowest BCUT2D eigenvalue weighted by Crippen LogP contribution is -2.34. The molecule has 0 spiro atoms. The molecule has 2 aliphatic rings. The summed E-state index contributed by atoms with van der Waals surface area (Å²) in [6, 6.07) is 13.2. The van der Waals surface area contributed by atoms with Gasteiger partial charge >= 0.3 is 0 Å². The van der Waals surface area contributed by atoms with Gasteiger partial charge in [-0.05, 0) is 56.6 Å². The third-order valence-electron chi connectivity index (χ3n) is 6.34. The number of aromatic nitrogens is 1. The number of pyridine rings is 1. The smallest absolute Gasteiger partial charge is 0.139 e. The highest BCUT2D eigenvalue weighted by molar-refractivity contribution is 5.85. The summed E-state index contributed by atoms with van der Waals surface area (Å²) in [7, 11) is 0. The Morgan fingerprint density at radius 2 is 1.87 bits per heavy atom. The van der Waals surface area contributed by atoms with Crippen molar-refractivity contribution in [2.75, 3.05) is 44.4 Å². The molecule has 0 saturated carbocycles. The molecule has 2 saturated heterocycles. The van der Waals surface area contributed by atoms with Gasteiger partial charge in [-0.1, -0.05) is 30.3 Å². The maximum absolute atomic E-state index is 5.98. The second kappa shape index (κ2) is 12.9. The molecular formula is C25H36ClN3O2. The van der Waals surface area contributed by atoms with Crippen molar-refractivity contribution in [3.05, 3.63) is 54.4 Å². The van der Waals surface area contributed by atoms with E-state index in [0.29, 0.717) is 6.04 Å². The zero-order chi connectivity index (χ0) is 20.4. The highest BCUT2D eigenvalue weighted by atomic mass is 35.5. The summed E-state index contributed by atoms with van der Waals surface area (Å²) < 4.78 is 11.9. The van der Waals surface area contributed by atoms with Crippen LogP contribution in [0.15, 0.2) is 48.8 Å². The minimum Gasteiger partial charge on any atom is -0.490 e. The summed E-state index contributed by atoms with van der Waals surface area (Å²) in [6.07, 6.45) is 10.9. The average Bonchev–Trinajstić information content (AvgIpc) is 3.33. The van der Waals surface area contributed by atoms with Gasteiger partial charge in [0.15, 0.2) is 0 Å². The Hall–Kier alpha value is -1.82. The van der Waals surface area contributed by atoms with E-state index in [9.17, 15) is 0 Å². The number of piperidine rings is 1. The summed E-state index contributed by atoms with van der Waals surface area (Å²) in [5, 5.41) is 3.48. The maximum atomic E-state index is 5.98. The molecule has 2 aromatic rings. The molecule has 2 aliphatic heterocycles. The first kappa shape index (κ1) is 23.8. The molecule has 1 aromatic carbocycles. The Bertz CT molecular complexity index is 747. The van der Waals surface area contributed by atoms with Crippen LogP contribution in [-0.2, 0) is 11.2 Å². The van der Waals surface area contributed by atoms with Crippen LogP contribution in [0.3, 0.4) is 0 Å². The van der Waals surface area contributed by atoms with E-state index >= 15 is 0 Å². The van der Waals surface area contributed by atoms with E-state index in [2.05, 4.69) is 51.6 Å². The van der Waals surface area contributed by atoms with E-state index in [0.717, 1.165) is 57.5 Å².